The summed E-state index contributed by atoms with van der Waals surface area (Å²) in [6.45, 7) is 2.75. The van der Waals surface area contributed by atoms with Gasteiger partial charge in [0.15, 0.2) is 0 Å². The molecule has 136 valence electrons. The molecule has 0 atom stereocenters. The van der Waals surface area contributed by atoms with E-state index in [-0.39, 0.29) is 5.56 Å². The molecule has 27 heavy (non-hydrogen) atoms. The number of fused-ring (bicyclic) bond motifs is 1. The highest BCUT2D eigenvalue weighted by Crippen LogP contribution is 2.38. The van der Waals surface area contributed by atoms with Crippen LogP contribution in [0.1, 0.15) is 6.92 Å². The second-order valence-corrected chi connectivity index (χ2v) is 6.49. The lowest BCUT2D eigenvalue weighted by atomic mass is 10.0. The van der Waals surface area contributed by atoms with Gasteiger partial charge in [0, 0.05) is 48.2 Å². The fourth-order valence-corrected chi connectivity index (χ4v) is 3.36. The molecular formula is C22H21N3O2. The second-order valence-electron chi connectivity index (χ2n) is 6.49. The van der Waals surface area contributed by atoms with E-state index in [2.05, 4.69) is 0 Å². The van der Waals surface area contributed by atoms with Crippen LogP contribution in [0.5, 0.6) is 11.5 Å². The van der Waals surface area contributed by atoms with Crippen molar-refractivity contribution in [2.75, 3.05) is 5.73 Å². The molecule has 4 aromatic rings. The molecule has 0 fully saturated rings. The molecule has 4 rings (SSSR count). The van der Waals surface area contributed by atoms with Gasteiger partial charge in [-0.15, -0.1) is 0 Å². The number of hydrogen-bond donors (Lipinski definition) is 1. The number of nitrogens with zero attached hydrogens (tertiary/aromatic N) is 2. The van der Waals surface area contributed by atoms with Gasteiger partial charge in [0.25, 0.3) is 5.56 Å². The Balaban J connectivity index is 1.96. The Labute approximate surface area is 157 Å². The summed E-state index contributed by atoms with van der Waals surface area (Å²) in [5.74, 6) is 1.44. The zero-order chi connectivity index (χ0) is 19.0. The van der Waals surface area contributed by atoms with E-state index in [0.717, 1.165) is 28.8 Å². The molecule has 0 bridgehead atoms. The zero-order valence-electron chi connectivity index (χ0n) is 15.3. The van der Waals surface area contributed by atoms with E-state index in [1.807, 2.05) is 78.5 Å². The van der Waals surface area contributed by atoms with Crippen molar-refractivity contribution in [1.82, 2.24) is 9.13 Å². The van der Waals surface area contributed by atoms with Gasteiger partial charge in [0.05, 0.1) is 0 Å². The van der Waals surface area contributed by atoms with E-state index in [1.165, 1.54) is 0 Å². The van der Waals surface area contributed by atoms with Crippen molar-refractivity contribution in [2.24, 2.45) is 7.05 Å². The topological polar surface area (TPSA) is 62.2 Å². The highest BCUT2D eigenvalue weighted by Gasteiger charge is 2.16. The number of nitrogen functional groups attached to an aromatic ring is 1. The summed E-state index contributed by atoms with van der Waals surface area (Å²) in [6.07, 6.45) is 3.79. The van der Waals surface area contributed by atoms with Gasteiger partial charge in [-0.2, -0.15) is 0 Å². The van der Waals surface area contributed by atoms with Crippen LogP contribution in [0.4, 0.5) is 5.69 Å². The molecule has 0 aliphatic rings. The van der Waals surface area contributed by atoms with Gasteiger partial charge in [-0.1, -0.05) is 18.2 Å². The molecule has 0 spiro atoms. The minimum absolute atomic E-state index is 0.0185. The Morgan fingerprint density at radius 1 is 1.04 bits per heavy atom. The first kappa shape index (κ1) is 17.0. The molecule has 0 radical (unpaired) electrons. The maximum atomic E-state index is 12.7. The molecule has 0 amide bonds. The van der Waals surface area contributed by atoms with Crippen LogP contribution in [0.25, 0.3) is 22.0 Å². The molecule has 2 aromatic carbocycles. The number of anilines is 1. The highest BCUT2D eigenvalue weighted by molar-refractivity contribution is 5.96. The van der Waals surface area contributed by atoms with Crippen molar-refractivity contribution in [1.29, 1.82) is 0 Å². The lowest BCUT2D eigenvalue weighted by Crippen LogP contribution is -2.19. The van der Waals surface area contributed by atoms with Crippen molar-refractivity contribution in [3.8, 4) is 22.6 Å². The number of nitrogens with two attached hydrogens (primary N) is 1. The summed E-state index contributed by atoms with van der Waals surface area (Å²) in [6, 6.07) is 17.2. The third-order valence-electron chi connectivity index (χ3n) is 4.70. The molecule has 2 N–H and O–H groups in total. The summed E-state index contributed by atoms with van der Waals surface area (Å²) in [5.41, 5.74) is 9.15. The van der Waals surface area contributed by atoms with Gasteiger partial charge in [0.2, 0.25) is 0 Å². The van der Waals surface area contributed by atoms with Gasteiger partial charge in [-0.05, 0) is 43.3 Å². The van der Waals surface area contributed by atoms with Gasteiger partial charge < -0.3 is 19.6 Å². The van der Waals surface area contributed by atoms with Gasteiger partial charge in [-0.3, -0.25) is 4.79 Å². The van der Waals surface area contributed by atoms with E-state index in [4.69, 9.17) is 10.5 Å². The van der Waals surface area contributed by atoms with Gasteiger partial charge >= 0.3 is 0 Å². The van der Waals surface area contributed by atoms with E-state index in [0.29, 0.717) is 17.0 Å². The number of aromatic nitrogens is 2. The summed E-state index contributed by atoms with van der Waals surface area (Å²) < 4.78 is 9.70. The van der Waals surface area contributed by atoms with Crippen LogP contribution in [-0.4, -0.2) is 9.13 Å². The Morgan fingerprint density at radius 2 is 1.81 bits per heavy atom. The molecular weight excluding hydrogens is 338 g/mol. The fraction of sp³-hybridized carbons (Fsp3) is 0.136. The first-order valence-electron chi connectivity index (χ1n) is 8.89. The zero-order valence-corrected chi connectivity index (χ0v) is 15.3. The van der Waals surface area contributed by atoms with Gasteiger partial charge in [0.1, 0.15) is 17.0 Å². The lowest BCUT2D eigenvalue weighted by Gasteiger charge is -2.14. The average molecular weight is 359 g/mol. The molecule has 0 saturated carbocycles. The minimum atomic E-state index is -0.0185. The SMILES string of the molecule is CCn1ccc2c(-c3cc(N)ccc3Oc3ccccc3)cn(C)c(=O)c21. The van der Waals surface area contributed by atoms with E-state index >= 15 is 0 Å². The summed E-state index contributed by atoms with van der Waals surface area (Å²) in [4.78, 5) is 12.7. The van der Waals surface area contributed by atoms with Crippen LogP contribution in [0.15, 0.2) is 71.8 Å². The Kier molecular flexibility index (Phi) is 4.20. The molecule has 0 unspecified atom stereocenters. The van der Waals surface area contributed by atoms with Crippen LogP contribution < -0.4 is 16.0 Å². The molecule has 5 nitrogen and oxygen atoms in total. The summed E-state index contributed by atoms with van der Waals surface area (Å²) >= 11 is 0. The molecule has 2 heterocycles. The van der Waals surface area contributed by atoms with Crippen LogP contribution in [0, 0.1) is 0 Å². The number of ether oxygens (including phenoxy) is 1. The molecule has 0 saturated heterocycles. The van der Waals surface area contributed by atoms with Crippen LogP contribution >= 0.6 is 0 Å². The third-order valence-corrected chi connectivity index (χ3v) is 4.70. The van der Waals surface area contributed by atoms with Crippen molar-refractivity contribution in [3.63, 3.8) is 0 Å². The van der Waals surface area contributed by atoms with Crippen molar-refractivity contribution < 1.29 is 4.74 Å². The molecule has 5 heteroatoms. The minimum Gasteiger partial charge on any atom is -0.457 e. The normalized spacial score (nSPS) is 11.0. The average Bonchev–Trinajstić information content (AvgIpc) is 3.11. The smallest absolute Gasteiger partial charge is 0.274 e. The van der Waals surface area contributed by atoms with E-state index < -0.39 is 0 Å². The van der Waals surface area contributed by atoms with Crippen LogP contribution in [0.3, 0.4) is 0 Å². The maximum Gasteiger partial charge on any atom is 0.274 e. The monoisotopic (exact) mass is 359 g/mol. The number of hydrogen-bond acceptors (Lipinski definition) is 3. The Morgan fingerprint density at radius 3 is 2.56 bits per heavy atom. The first-order chi connectivity index (χ1) is 13.1. The largest absolute Gasteiger partial charge is 0.457 e. The third kappa shape index (κ3) is 2.97. The van der Waals surface area contributed by atoms with E-state index in [1.54, 1.807) is 11.6 Å². The number of benzene rings is 2. The van der Waals surface area contributed by atoms with E-state index in [9.17, 15) is 4.79 Å². The lowest BCUT2D eigenvalue weighted by molar-refractivity contribution is 0.484. The molecule has 0 aliphatic carbocycles. The second kappa shape index (κ2) is 6.68. The summed E-state index contributed by atoms with van der Waals surface area (Å²) in [7, 11) is 1.77. The standard InChI is InChI=1S/C22H21N3O2/c1-3-25-12-11-17-19(14-24(2)22(26)21(17)25)18-13-15(23)9-10-20(18)27-16-7-5-4-6-8-16/h4-14H,3,23H2,1-2H3. The number of para-hydroxylation sites is 1. The Bertz CT molecular complexity index is 1170. The maximum absolute atomic E-state index is 12.7. The number of aryl methyl sites for hydroxylation is 2. The highest BCUT2D eigenvalue weighted by atomic mass is 16.5. The van der Waals surface area contributed by atoms with Crippen LogP contribution in [-0.2, 0) is 13.6 Å². The number of pyridine rings is 1. The van der Waals surface area contributed by atoms with Crippen molar-refractivity contribution in [2.45, 2.75) is 13.5 Å². The quantitative estimate of drug-likeness (QED) is 0.549. The van der Waals surface area contributed by atoms with Crippen LogP contribution in [0.2, 0.25) is 0 Å². The predicted molar refractivity (Wildman–Crippen MR) is 109 cm³/mol. The fourth-order valence-electron chi connectivity index (χ4n) is 3.36. The predicted octanol–water partition coefficient (Wildman–Crippen LogP) is 4.40. The summed E-state index contributed by atoms with van der Waals surface area (Å²) in [5, 5.41) is 0.892. The van der Waals surface area contributed by atoms with Gasteiger partial charge in [-0.25, -0.2) is 0 Å². The molecule has 0 aliphatic heterocycles. The number of rotatable bonds is 4. The Hall–Kier alpha value is -3.47. The molecule has 2 aromatic heterocycles. The van der Waals surface area contributed by atoms with Crippen molar-refractivity contribution in [3.05, 3.63) is 77.3 Å². The van der Waals surface area contributed by atoms with Crippen molar-refractivity contribution >= 4 is 16.6 Å². The first-order valence-corrected chi connectivity index (χ1v) is 8.89.